The molecule has 1 aliphatic carbocycles. The van der Waals surface area contributed by atoms with E-state index >= 15 is 0 Å². The van der Waals surface area contributed by atoms with Gasteiger partial charge < -0.3 is 10.2 Å². The molecule has 130 valence electrons. The minimum Gasteiger partial charge on any atom is -0.342 e. The highest BCUT2D eigenvalue weighted by Crippen LogP contribution is 2.43. The predicted molar refractivity (Wildman–Crippen MR) is 92.2 cm³/mol. The van der Waals surface area contributed by atoms with Crippen molar-refractivity contribution < 1.29 is 9.18 Å². The van der Waals surface area contributed by atoms with Gasteiger partial charge in [-0.05, 0) is 68.3 Å². The molecule has 3 aliphatic rings. The van der Waals surface area contributed by atoms with E-state index in [0.29, 0.717) is 5.91 Å². The summed E-state index contributed by atoms with van der Waals surface area (Å²) >= 11 is 0. The van der Waals surface area contributed by atoms with Gasteiger partial charge in [0.05, 0.1) is 5.41 Å². The van der Waals surface area contributed by atoms with Gasteiger partial charge in [-0.25, -0.2) is 4.39 Å². The van der Waals surface area contributed by atoms with Crippen LogP contribution in [-0.4, -0.2) is 37.0 Å². The largest absolute Gasteiger partial charge is 0.342 e. The van der Waals surface area contributed by atoms with Crippen LogP contribution in [0.4, 0.5) is 4.39 Å². The third-order valence-electron chi connectivity index (χ3n) is 6.57. The second kappa shape index (κ2) is 6.47. The van der Waals surface area contributed by atoms with Crippen molar-refractivity contribution in [2.45, 2.75) is 43.9 Å². The number of carbonyl (C=O) groups is 1. The van der Waals surface area contributed by atoms with Crippen molar-refractivity contribution in [2.75, 3.05) is 26.2 Å². The number of likely N-dealkylation sites (tertiary alicyclic amines) is 1. The first-order valence-corrected chi connectivity index (χ1v) is 9.45. The van der Waals surface area contributed by atoms with Crippen molar-refractivity contribution in [1.82, 2.24) is 10.2 Å². The Balaban J connectivity index is 1.57. The number of rotatable bonds is 2. The smallest absolute Gasteiger partial charge is 0.233 e. The van der Waals surface area contributed by atoms with Crippen molar-refractivity contribution >= 4 is 5.91 Å². The summed E-state index contributed by atoms with van der Waals surface area (Å²) in [6.45, 7) is 3.97. The molecule has 24 heavy (non-hydrogen) atoms. The SMILES string of the molecule is O=C(N1CC[C@@H]2CNC[C@@H]2CC1)C1(c2ccc(F)cc2)CCCC1. The quantitative estimate of drug-likeness (QED) is 0.904. The summed E-state index contributed by atoms with van der Waals surface area (Å²) in [5.74, 6) is 1.52. The second-order valence-corrected chi connectivity index (χ2v) is 7.84. The van der Waals surface area contributed by atoms with Crippen LogP contribution in [0.25, 0.3) is 0 Å². The van der Waals surface area contributed by atoms with Crippen LogP contribution in [0.2, 0.25) is 0 Å². The second-order valence-electron chi connectivity index (χ2n) is 7.84. The Morgan fingerprint density at radius 3 is 2.21 bits per heavy atom. The van der Waals surface area contributed by atoms with E-state index in [1.807, 2.05) is 12.1 Å². The van der Waals surface area contributed by atoms with Gasteiger partial charge in [-0.15, -0.1) is 0 Å². The predicted octanol–water partition coefficient (Wildman–Crippen LogP) is 3.10. The highest BCUT2D eigenvalue weighted by Gasteiger charge is 2.45. The summed E-state index contributed by atoms with van der Waals surface area (Å²) in [7, 11) is 0. The normalized spacial score (nSPS) is 29.3. The first kappa shape index (κ1) is 16.1. The molecule has 1 aromatic rings. The molecule has 2 heterocycles. The van der Waals surface area contributed by atoms with Crippen LogP contribution in [0, 0.1) is 17.7 Å². The molecule has 2 saturated heterocycles. The molecule has 0 spiro atoms. The van der Waals surface area contributed by atoms with Gasteiger partial charge in [-0.2, -0.15) is 0 Å². The van der Waals surface area contributed by atoms with E-state index in [1.165, 1.54) is 12.1 Å². The maximum Gasteiger partial charge on any atom is 0.233 e. The van der Waals surface area contributed by atoms with Gasteiger partial charge in [-0.1, -0.05) is 25.0 Å². The lowest BCUT2D eigenvalue weighted by Crippen LogP contribution is -2.46. The molecule has 2 atom stereocenters. The van der Waals surface area contributed by atoms with E-state index in [-0.39, 0.29) is 5.82 Å². The van der Waals surface area contributed by atoms with E-state index in [0.717, 1.165) is 82.1 Å². The van der Waals surface area contributed by atoms with Crippen LogP contribution in [0.3, 0.4) is 0 Å². The summed E-state index contributed by atoms with van der Waals surface area (Å²) < 4.78 is 13.3. The van der Waals surface area contributed by atoms with E-state index in [9.17, 15) is 9.18 Å². The van der Waals surface area contributed by atoms with Crippen LogP contribution >= 0.6 is 0 Å². The Hall–Kier alpha value is -1.42. The minimum atomic E-state index is -0.411. The van der Waals surface area contributed by atoms with E-state index in [4.69, 9.17) is 0 Å². The van der Waals surface area contributed by atoms with E-state index in [2.05, 4.69) is 10.2 Å². The molecule has 2 aliphatic heterocycles. The number of carbonyl (C=O) groups excluding carboxylic acids is 1. The molecule has 4 heteroatoms. The molecular weight excluding hydrogens is 303 g/mol. The molecule has 1 saturated carbocycles. The van der Waals surface area contributed by atoms with Crippen molar-refractivity contribution in [2.24, 2.45) is 11.8 Å². The number of hydrogen-bond donors (Lipinski definition) is 1. The minimum absolute atomic E-state index is 0.227. The summed E-state index contributed by atoms with van der Waals surface area (Å²) in [6.07, 6.45) is 6.22. The molecule has 1 amide bonds. The topological polar surface area (TPSA) is 32.3 Å². The number of hydrogen-bond acceptors (Lipinski definition) is 2. The van der Waals surface area contributed by atoms with Crippen molar-refractivity contribution in [3.8, 4) is 0 Å². The zero-order valence-electron chi connectivity index (χ0n) is 14.3. The zero-order valence-corrected chi connectivity index (χ0v) is 14.3. The fraction of sp³-hybridized carbons (Fsp3) is 0.650. The standard InChI is InChI=1S/C20H27FN2O/c21-18-5-3-17(4-6-18)20(9-1-2-10-20)19(24)23-11-7-15-13-22-14-16(15)8-12-23/h3-6,15-16,22H,1-2,7-14H2/t15-,16+. The fourth-order valence-electron chi connectivity index (χ4n) is 5.10. The van der Waals surface area contributed by atoms with Gasteiger partial charge in [0.2, 0.25) is 5.91 Å². The lowest BCUT2D eigenvalue weighted by molar-refractivity contribution is -0.137. The van der Waals surface area contributed by atoms with Crippen LogP contribution in [0.15, 0.2) is 24.3 Å². The lowest BCUT2D eigenvalue weighted by Gasteiger charge is -2.34. The first-order chi connectivity index (χ1) is 11.7. The average molecular weight is 330 g/mol. The maximum atomic E-state index is 13.5. The highest BCUT2D eigenvalue weighted by atomic mass is 19.1. The summed E-state index contributed by atoms with van der Waals surface area (Å²) in [5.41, 5.74) is 0.600. The number of nitrogens with zero attached hydrogens (tertiary/aromatic N) is 1. The van der Waals surface area contributed by atoms with Crippen LogP contribution < -0.4 is 5.32 Å². The third kappa shape index (κ3) is 2.75. The molecule has 0 unspecified atom stereocenters. The molecule has 1 aromatic carbocycles. The summed E-state index contributed by atoms with van der Waals surface area (Å²) in [5, 5.41) is 3.49. The number of benzene rings is 1. The van der Waals surface area contributed by atoms with Gasteiger partial charge >= 0.3 is 0 Å². The number of amides is 1. The van der Waals surface area contributed by atoms with Gasteiger partial charge in [0, 0.05) is 13.1 Å². The molecule has 4 rings (SSSR count). The molecule has 3 fully saturated rings. The van der Waals surface area contributed by atoms with Gasteiger partial charge in [0.1, 0.15) is 5.82 Å². The van der Waals surface area contributed by atoms with Gasteiger partial charge in [-0.3, -0.25) is 4.79 Å². The van der Waals surface area contributed by atoms with Crippen LogP contribution in [0.5, 0.6) is 0 Å². The number of halogens is 1. The fourth-order valence-corrected chi connectivity index (χ4v) is 5.10. The van der Waals surface area contributed by atoms with Gasteiger partial charge in [0.15, 0.2) is 0 Å². The zero-order chi connectivity index (χ0) is 16.6. The third-order valence-corrected chi connectivity index (χ3v) is 6.57. The molecule has 1 N–H and O–H groups in total. The molecule has 0 aromatic heterocycles. The Labute approximate surface area is 143 Å². The highest BCUT2D eigenvalue weighted by molar-refractivity contribution is 5.88. The molecule has 0 radical (unpaired) electrons. The van der Waals surface area contributed by atoms with Crippen molar-refractivity contribution in [3.05, 3.63) is 35.6 Å². The van der Waals surface area contributed by atoms with Crippen LogP contribution in [-0.2, 0) is 10.2 Å². The monoisotopic (exact) mass is 330 g/mol. The molecule has 0 bridgehead atoms. The first-order valence-electron chi connectivity index (χ1n) is 9.45. The van der Waals surface area contributed by atoms with E-state index < -0.39 is 5.41 Å². The Kier molecular flexibility index (Phi) is 4.33. The maximum absolute atomic E-state index is 13.5. The Bertz CT molecular complexity index is 580. The number of nitrogens with one attached hydrogen (secondary N) is 1. The lowest BCUT2D eigenvalue weighted by atomic mass is 9.77. The van der Waals surface area contributed by atoms with Crippen LogP contribution in [0.1, 0.15) is 44.1 Å². The van der Waals surface area contributed by atoms with Crippen molar-refractivity contribution in [1.29, 1.82) is 0 Å². The average Bonchev–Trinajstić information content (AvgIpc) is 3.22. The van der Waals surface area contributed by atoms with Crippen molar-refractivity contribution in [3.63, 3.8) is 0 Å². The molecular formula is C20H27FN2O. The molecule has 3 nitrogen and oxygen atoms in total. The summed E-state index contributed by atoms with van der Waals surface area (Å²) in [4.78, 5) is 15.6. The van der Waals surface area contributed by atoms with E-state index in [1.54, 1.807) is 0 Å². The van der Waals surface area contributed by atoms with Gasteiger partial charge in [0.25, 0.3) is 0 Å². The summed E-state index contributed by atoms with van der Waals surface area (Å²) in [6, 6.07) is 6.66. The Morgan fingerprint density at radius 2 is 1.62 bits per heavy atom. The number of fused-ring (bicyclic) bond motifs is 1. The Morgan fingerprint density at radius 1 is 1.04 bits per heavy atom.